The Morgan fingerprint density at radius 1 is 1.28 bits per heavy atom. The molecular weight excluding hydrogens is 230 g/mol. The van der Waals surface area contributed by atoms with Gasteiger partial charge >= 0.3 is 5.97 Å². The second-order valence-electron chi connectivity index (χ2n) is 6.20. The highest BCUT2D eigenvalue weighted by atomic mass is 16.5. The average molecular weight is 255 g/mol. The van der Waals surface area contributed by atoms with Gasteiger partial charge in [0.1, 0.15) is 0 Å². The molecule has 104 valence electrons. The Labute approximate surface area is 109 Å². The van der Waals surface area contributed by atoms with Gasteiger partial charge in [0.25, 0.3) is 0 Å². The molecule has 0 radical (unpaired) electrons. The van der Waals surface area contributed by atoms with Gasteiger partial charge in [-0.25, -0.2) is 0 Å². The zero-order valence-electron chi connectivity index (χ0n) is 11.5. The van der Waals surface area contributed by atoms with Crippen LogP contribution in [0.1, 0.15) is 39.5 Å². The van der Waals surface area contributed by atoms with Crippen molar-refractivity contribution in [3.05, 3.63) is 0 Å². The SMILES string of the molecule is CC(C)(C(=O)O)C1CCCN(C2CCOCC2)C1. The van der Waals surface area contributed by atoms with Gasteiger partial charge in [-0.2, -0.15) is 0 Å². The maximum atomic E-state index is 11.4. The normalized spacial score (nSPS) is 28.2. The van der Waals surface area contributed by atoms with Crippen molar-refractivity contribution in [1.82, 2.24) is 4.90 Å². The van der Waals surface area contributed by atoms with Gasteiger partial charge < -0.3 is 9.84 Å². The van der Waals surface area contributed by atoms with E-state index in [1.54, 1.807) is 0 Å². The molecule has 18 heavy (non-hydrogen) atoms. The van der Waals surface area contributed by atoms with Crippen molar-refractivity contribution in [2.24, 2.45) is 11.3 Å². The van der Waals surface area contributed by atoms with E-state index in [2.05, 4.69) is 4.90 Å². The zero-order chi connectivity index (χ0) is 13.2. The fourth-order valence-corrected chi connectivity index (χ4v) is 3.15. The first kappa shape index (κ1) is 13.8. The van der Waals surface area contributed by atoms with Crippen LogP contribution in [0.2, 0.25) is 0 Å². The van der Waals surface area contributed by atoms with Crippen LogP contribution in [0.4, 0.5) is 0 Å². The largest absolute Gasteiger partial charge is 0.481 e. The van der Waals surface area contributed by atoms with Crippen LogP contribution in [0.25, 0.3) is 0 Å². The summed E-state index contributed by atoms with van der Waals surface area (Å²) in [6, 6.07) is 0.603. The van der Waals surface area contributed by atoms with Crippen LogP contribution in [0.5, 0.6) is 0 Å². The van der Waals surface area contributed by atoms with Gasteiger partial charge in [0.2, 0.25) is 0 Å². The number of carbonyl (C=O) groups is 1. The van der Waals surface area contributed by atoms with Crippen molar-refractivity contribution in [1.29, 1.82) is 0 Å². The van der Waals surface area contributed by atoms with Crippen molar-refractivity contribution in [3.63, 3.8) is 0 Å². The van der Waals surface area contributed by atoms with E-state index in [0.29, 0.717) is 6.04 Å². The summed E-state index contributed by atoms with van der Waals surface area (Å²) in [6.45, 7) is 7.50. The maximum absolute atomic E-state index is 11.4. The second kappa shape index (κ2) is 5.57. The first-order chi connectivity index (χ1) is 8.51. The number of hydrogen-bond donors (Lipinski definition) is 1. The molecule has 4 heteroatoms. The number of ether oxygens (including phenoxy) is 1. The van der Waals surface area contributed by atoms with Gasteiger partial charge in [-0.15, -0.1) is 0 Å². The number of piperidine rings is 1. The lowest BCUT2D eigenvalue weighted by Gasteiger charge is -2.43. The molecule has 2 saturated heterocycles. The molecule has 0 aromatic rings. The summed E-state index contributed by atoms with van der Waals surface area (Å²) in [7, 11) is 0. The number of aliphatic carboxylic acids is 1. The molecule has 1 atom stereocenters. The monoisotopic (exact) mass is 255 g/mol. The Morgan fingerprint density at radius 3 is 2.56 bits per heavy atom. The number of hydrogen-bond acceptors (Lipinski definition) is 3. The molecule has 0 saturated carbocycles. The fourth-order valence-electron chi connectivity index (χ4n) is 3.15. The predicted octanol–water partition coefficient (Wildman–Crippen LogP) is 1.99. The molecule has 0 spiro atoms. The van der Waals surface area contributed by atoms with E-state index in [0.717, 1.165) is 52.0 Å². The third kappa shape index (κ3) is 2.86. The first-order valence-corrected chi connectivity index (χ1v) is 7.07. The van der Waals surface area contributed by atoms with Crippen LogP contribution in [0.15, 0.2) is 0 Å². The average Bonchev–Trinajstić information content (AvgIpc) is 2.40. The maximum Gasteiger partial charge on any atom is 0.309 e. The summed E-state index contributed by atoms with van der Waals surface area (Å²) < 4.78 is 5.40. The van der Waals surface area contributed by atoms with E-state index in [1.165, 1.54) is 0 Å². The minimum absolute atomic E-state index is 0.270. The van der Waals surface area contributed by atoms with Gasteiger partial charge in [0, 0.05) is 25.8 Å². The van der Waals surface area contributed by atoms with E-state index in [-0.39, 0.29) is 5.92 Å². The van der Waals surface area contributed by atoms with Crippen LogP contribution >= 0.6 is 0 Å². The summed E-state index contributed by atoms with van der Waals surface area (Å²) in [4.78, 5) is 13.9. The number of carboxylic acids is 1. The lowest BCUT2D eigenvalue weighted by atomic mass is 9.74. The van der Waals surface area contributed by atoms with E-state index < -0.39 is 11.4 Å². The molecule has 2 aliphatic heterocycles. The van der Waals surface area contributed by atoms with E-state index in [1.807, 2.05) is 13.8 Å². The van der Waals surface area contributed by atoms with Crippen LogP contribution < -0.4 is 0 Å². The third-order valence-electron chi connectivity index (χ3n) is 4.73. The summed E-state index contributed by atoms with van der Waals surface area (Å²) in [5, 5.41) is 9.35. The molecule has 2 fully saturated rings. The third-order valence-corrected chi connectivity index (χ3v) is 4.73. The van der Waals surface area contributed by atoms with Crippen molar-refractivity contribution in [2.45, 2.75) is 45.6 Å². The van der Waals surface area contributed by atoms with Crippen molar-refractivity contribution >= 4 is 5.97 Å². The van der Waals surface area contributed by atoms with Crippen LogP contribution in [0.3, 0.4) is 0 Å². The van der Waals surface area contributed by atoms with Gasteiger partial charge in [-0.05, 0) is 52.0 Å². The molecule has 2 rings (SSSR count). The molecular formula is C14H25NO3. The number of likely N-dealkylation sites (tertiary alicyclic amines) is 1. The highest BCUT2D eigenvalue weighted by molar-refractivity contribution is 5.74. The molecule has 0 amide bonds. The Balaban J connectivity index is 1.97. The fraction of sp³-hybridized carbons (Fsp3) is 0.929. The van der Waals surface area contributed by atoms with E-state index >= 15 is 0 Å². The van der Waals surface area contributed by atoms with Gasteiger partial charge in [-0.1, -0.05) is 0 Å². The van der Waals surface area contributed by atoms with Gasteiger partial charge in [0.05, 0.1) is 5.41 Å². The Kier molecular flexibility index (Phi) is 4.28. The zero-order valence-corrected chi connectivity index (χ0v) is 11.5. The molecule has 0 aromatic heterocycles. The molecule has 2 aliphatic rings. The molecule has 0 aliphatic carbocycles. The summed E-state index contributed by atoms with van der Waals surface area (Å²) in [5.74, 6) is -0.395. The molecule has 1 N–H and O–H groups in total. The standard InChI is InChI=1S/C14H25NO3/c1-14(2,13(16)17)11-4-3-7-15(10-11)12-5-8-18-9-6-12/h11-12H,3-10H2,1-2H3,(H,16,17). The van der Waals surface area contributed by atoms with Crippen LogP contribution in [0, 0.1) is 11.3 Å². The Morgan fingerprint density at radius 2 is 1.94 bits per heavy atom. The van der Waals surface area contributed by atoms with E-state index in [4.69, 9.17) is 4.74 Å². The van der Waals surface area contributed by atoms with Crippen LogP contribution in [-0.2, 0) is 9.53 Å². The van der Waals surface area contributed by atoms with Crippen LogP contribution in [-0.4, -0.2) is 48.3 Å². The minimum Gasteiger partial charge on any atom is -0.481 e. The van der Waals surface area contributed by atoms with Gasteiger partial charge in [0.15, 0.2) is 0 Å². The Hall–Kier alpha value is -0.610. The molecule has 0 bridgehead atoms. The number of carboxylic acid groups (broad SMARTS) is 1. The number of nitrogens with zero attached hydrogens (tertiary/aromatic N) is 1. The van der Waals surface area contributed by atoms with Crippen molar-refractivity contribution < 1.29 is 14.6 Å². The minimum atomic E-state index is -0.665. The highest BCUT2D eigenvalue weighted by Gasteiger charge is 2.40. The van der Waals surface area contributed by atoms with E-state index in [9.17, 15) is 9.90 Å². The molecule has 1 unspecified atom stereocenters. The Bertz CT molecular complexity index is 297. The number of rotatable bonds is 3. The molecule has 4 nitrogen and oxygen atoms in total. The second-order valence-corrected chi connectivity index (χ2v) is 6.20. The first-order valence-electron chi connectivity index (χ1n) is 7.07. The topological polar surface area (TPSA) is 49.8 Å². The van der Waals surface area contributed by atoms with Crippen molar-refractivity contribution in [3.8, 4) is 0 Å². The lowest BCUT2D eigenvalue weighted by Crippen LogP contribution is -2.49. The van der Waals surface area contributed by atoms with Gasteiger partial charge in [-0.3, -0.25) is 9.69 Å². The predicted molar refractivity (Wildman–Crippen MR) is 69.6 cm³/mol. The highest BCUT2D eigenvalue weighted by Crippen LogP contribution is 2.35. The molecule has 0 aromatic carbocycles. The summed E-state index contributed by atoms with van der Waals surface area (Å²) in [5.41, 5.74) is -0.607. The molecule has 2 heterocycles. The quantitative estimate of drug-likeness (QED) is 0.838. The lowest BCUT2D eigenvalue weighted by molar-refractivity contribution is -0.151. The summed E-state index contributed by atoms with van der Waals surface area (Å²) in [6.07, 6.45) is 4.36. The van der Waals surface area contributed by atoms with Crippen molar-refractivity contribution in [2.75, 3.05) is 26.3 Å². The summed E-state index contributed by atoms with van der Waals surface area (Å²) >= 11 is 0. The smallest absolute Gasteiger partial charge is 0.309 e.